The van der Waals surface area contributed by atoms with E-state index in [0.29, 0.717) is 11.5 Å². The molecule has 4 rings (SSSR count). The number of hydrogen-bond donors (Lipinski definition) is 1. The van der Waals surface area contributed by atoms with Crippen molar-refractivity contribution in [3.05, 3.63) is 22.4 Å². The van der Waals surface area contributed by atoms with Crippen LogP contribution in [0.1, 0.15) is 36.6 Å². The van der Waals surface area contributed by atoms with E-state index in [9.17, 15) is 0 Å². The Labute approximate surface area is 155 Å². The SMILES string of the molecule is CN=C(NCC(c1cccs1)N1CCCC1)N1CCC2(CCOC2)C1. The second-order valence-electron chi connectivity index (χ2n) is 7.68. The topological polar surface area (TPSA) is 40.1 Å². The molecule has 0 bridgehead atoms. The van der Waals surface area contributed by atoms with E-state index in [0.717, 1.165) is 38.8 Å². The Balaban J connectivity index is 1.39. The van der Waals surface area contributed by atoms with Crippen LogP contribution in [0.25, 0.3) is 0 Å². The lowest BCUT2D eigenvalue weighted by Crippen LogP contribution is -2.44. The van der Waals surface area contributed by atoms with Gasteiger partial charge in [-0.15, -0.1) is 11.3 Å². The molecule has 0 aromatic carbocycles. The number of thiophene rings is 1. The lowest BCUT2D eigenvalue weighted by molar-refractivity contribution is 0.156. The highest BCUT2D eigenvalue weighted by Gasteiger charge is 2.42. The quantitative estimate of drug-likeness (QED) is 0.660. The van der Waals surface area contributed by atoms with Crippen molar-refractivity contribution in [2.24, 2.45) is 10.4 Å². The summed E-state index contributed by atoms with van der Waals surface area (Å²) in [6, 6.07) is 4.91. The zero-order valence-electron chi connectivity index (χ0n) is 15.2. The van der Waals surface area contributed by atoms with Gasteiger partial charge in [-0.05, 0) is 50.2 Å². The molecule has 2 unspecified atom stereocenters. The normalized spacial score (nSPS) is 29.0. The van der Waals surface area contributed by atoms with E-state index in [1.54, 1.807) is 0 Å². The fourth-order valence-corrected chi connectivity index (χ4v) is 5.41. The molecule has 0 aliphatic carbocycles. The van der Waals surface area contributed by atoms with E-state index in [2.05, 4.69) is 37.6 Å². The minimum Gasteiger partial charge on any atom is -0.381 e. The summed E-state index contributed by atoms with van der Waals surface area (Å²) in [6.07, 6.45) is 5.08. The van der Waals surface area contributed by atoms with Crippen molar-refractivity contribution >= 4 is 17.3 Å². The largest absolute Gasteiger partial charge is 0.381 e. The Kier molecular flexibility index (Phi) is 5.29. The van der Waals surface area contributed by atoms with Gasteiger partial charge < -0.3 is 15.0 Å². The van der Waals surface area contributed by atoms with Gasteiger partial charge in [-0.25, -0.2) is 0 Å². The van der Waals surface area contributed by atoms with Crippen LogP contribution >= 0.6 is 11.3 Å². The third-order valence-electron chi connectivity index (χ3n) is 6.04. The van der Waals surface area contributed by atoms with E-state index in [1.165, 1.54) is 43.6 Å². The van der Waals surface area contributed by atoms with E-state index in [1.807, 2.05) is 18.4 Å². The van der Waals surface area contributed by atoms with Crippen LogP contribution in [-0.4, -0.2) is 68.7 Å². The summed E-state index contributed by atoms with van der Waals surface area (Å²) in [5.74, 6) is 1.06. The van der Waals surface area contributed by atoms with E-state index >= 15 is 0 Å². The Morgan fingerprint density at radius 1 is 1.36 bits per heavy atom. The maximum Gasteiger partial charge on any atom is 0.193 e. The minimum absolute atomic E-state index is 0.375. The van der Waals surface area contributed by atoms with Crippen LogP contribution in [0.15, 0.2) is 22.5 Å². The molecule has 3 saturated heterocycles. The molecule has 6 heteroatoms. The lowest BCUT2D eigenvalue weighted by Gasteiger charge is -2.30. The van der Waals surface area contributed by atoms with Crippen LogP contribution in [0, 0.1) is 5.41 Å². The van der Waals surface area contributed by atoms with Gasteiger partial charge in [-0.3, -0.25) is 9.89 Å². The smallest absolute Gasteiger partial charge is 0.193 e. The van der Waals surface area contributed by atoms with E-state index in [4.69, 9.17) is 4.74 Å². The molecule has 0 saturated carbocycles. The molecule has 1 aromatic heterocycles. The third kappa shape index (κ3) is 3.71. The number of nitrogens with one attached hydrogen (secondary N) is 1. The summed E-state index contributed by atoms with van der Waals surface area (Å²) in [4.78, 5) is 11.1. The molecule has 3 aliphatic rings. The molecule has 3 fully saturated rings. The molecular weight excluding hydrogens is 332 g/mol. The summed E-state index contributed by atoms with van der Waals surface area (Å²) < 4.78 is 5.67. The highest BCUT2D eigenvalue weighted by molar-refractivity contribution is 7.10. The van der Waals surface area contributed by atoms with Crippen LogP contribution in [0.3, 0.4) is 0 Å². The van der Waals surface area contributed by atoms with Crippen molar-refractivity contribution in [1.29, 1.82) is 0 Å². The summed E-state index contributed by atoms with van der Waals surface area (Å²) in [5.41, 5.74) is 0.375. The molecule has 2 atom stereocenters. The number of nitrogens with zero attached hydrogens (tertiary/aromatic N) is 3. The standard InChI is InChI=1S/C19H30N4OS/c1-20-18(23-10-6-19(14-23)7-11-24-15-19)21-13-16(17-5-4-12-25-17)22-8-2-3-9-22/h4-5,12,16H,2-3,6-11,13-15H2,1H3,(H,20,21). The molecule has 1 spiro atoms. The highest BCUT2D eigenvalue weighted by atomic mass is 32.1. The fourth-order valence-electron chi connectivity index (χ4n) is 4.55. The van der Waals surface area contributed by atoms with Crippen LogP contribution < -0.4 is 5.32 Å². The fraction of sp³-hybridized carbons (Fsp3) is 0.737. The first-order valence-corrected chi connectivity index (χ1v) is 10.5. The number of ether oxygens (including phenoxy) is 1. The number of hydrogen-bond acceptors (Lipinski definition) is 4. The molecule has 0 radical (unpaired) electrons. The highest BCUT2D eigenvalue weighted by Crippen LogP contribution is 2.38. The lowest BCUT2D eigenvalue weighted by atomic mass is 9.87. The summed E-state index contributed by atoms with van der Waals surface area (Å²) in [6.45, 7) is 7.39. The Hall–Kier alpha value is -1.11. The second-order valence-corrected chi connectivity index (χ2v) is 8.66. The number of guanidine groups is 1. The van der Waals surface area contributed by atoms with Crippen molar-refractivity contribution in [1.82, 2.24) is 15.1 Å². The molecule has 25 heavy (non-hydrogen) atoms. The van der Waals surface area contributed by atoms with Crippen LogP contribution in [0.5, 0.6) is 0 Å². The summed E-state index contributed by atoms with van der Waals surface area (Å²) in [7, 11) is 1.91. The van der Waals surface area contributed by atoms with Crippen molar-refractivity contribution < 1.29 is 4.74 Å². The molecule has 3 aliphatic heterocycles. The van der Waals surface area contributed by atoms with Crippen molar-refractivity contribution in [2.75, 3.05) is 53.0 Å². The van der Waals surface area contributed by atoms with Crippen molar-refractivity contribution in [3.63, 3.8) is 0 Å². The number of rotatable bonds is 4. The van der Waals surface area contributed by atoms with Gasteiger partial charge in [0.2, 0.25) is 0 Å². The number of likely N-dealkylation sites (tertiary alicyclic amines) is 2. The third-order valence-corrected chi connectivity index (χ3v) is 7.01. The Morgan fingerprint density at radius 3 is 2.92 bits per heavy atom. The first-order chi connectivity index (χ1) is 12.3. The first kappa shape index (κ1) is 17.3. The van der Waals surface area contributed by atoms with Gasteiger partial charge in [0.1, 0.15) is 0 Å². The maximum atomic E-state index is 5.67. The van der Waals surface area contributed by atoms with Gasteiger partial charge >= 0.3 is 0 Å². The van der Waals surface area contributed by atoms with E-state index < -0.39 is 0 Å². The van der Waals surface area contributed by atoms with Gasteiger partial charge in [0.15, 0.2) is 5.96 Å². The van der Waals surface area contributed by atoms with E-state index in [-0.39, 0.29) is 0 Å². The molecule has 0 amide bonds. The molecule has 4 heterocycles. The predicted molar refractivity (Wildman–Crippen MR) is 103 cm³/mol. The minimum atomic E-state index is 0.375. The predicted octanol–water partition coefficient (Wildman–Crippen LogP) is 2.57. The van der Waals surface area contributed by atoms with Gasteiger partial charge in [0, 0.05) is 43.6 Å². The van der Waals surface area contributed by atoms with Gasteiger partial charge in [0.05, 0.1) is 12.6 Å². The van der Waals surface area contributed by atoms with Crippen molar-refractivity contribution in [3.8, 4) is 0 Å². The summed E-state index contributed by atoms with van der Waals surface area (Å²) in [5, 5.41) is 5.88. The molecular formula is C19H30N4OS. The van der Waals surface area contributed by atoms with Gasteiger partial charge in [0.25, 0.3) is 0 Å². The zero-order chi connectivity index (χ0) is 17.1. The number of aliphatic imine (C=N–C) groups is 1. The monoisotopic (exact) mass is 362 g/mol. The molecule has 1 aromatic rings. The van der Waals surface area contributed by atoms with Crippen LogP contribution in [-0.2, 0) is 4.74 Å². The first-order valence-electron chi connectivity index (χ1n) is 9.60. The Morgan fingerprint density at radius 2 is 2.24 bits per heavy atom. The second kappa shape index (κ2) is 7.64. The van der Waals surface area contributed by atoms with Gasteiger partial charge in [-0.1, -0.05) is 6.07 Å². The maximum absolute atomic E-state index is 5.67. The van der Waals surface area contributed by atoms with Crippen LogP contribution in [0.2, 0.25) is 0 Å². The van der Waals surface area contributed by atoms with Crippen molar-refractivity contribution in [2.45, 2.75) is 31.7 Å². The molecule has 1 N–H and O–H groups in total. The average Bonchev–Trinajstić information content (AvgIpc) is 3.42. The molecule has 5 nitrogen and oxygen atoms in total. The van der Waals surface area contributed by atoms with Crippen LogP contribution in [0.4, 0.5) is 0 Å². The average molecular weight is 363 g/mol. The Bertz CT molecular complexity index is 576. The summed E-state index contributed by atoms with van der Waals surface area (Å²) >= 11 is 1.87. The van der Waals surface area contributed by atoms with Gasteiger partial charge in [-0.2, -0.15) is 0 Å². The zero-order valence-corrected chi connectivity index (χ0v) is 16.1. The molecule has 138 valence electrons.